The maximum Gasteiger partial charge on any atom is 0.185 e. The molecule has 2 aliphatic rings. The highest BCUT2D eigenvalue weighted by atomic mass is 16.3. The SMILES string of the molecule is C[C@@H](CO)NC[C@@H]1CCN(c2ccc3c(c2)Cn2cc(-c4ccc(C#N)cc4)cc2-c2nncn2-3)C1. The average Bonchev–Trinajstić information content (AvgIpc) is 3.66. The quantitative estimate of drug-likeness (QED) is 0.388. The standard InChI is InChI=1S/C28H29N7O/c1-19(17-36)30-13-21-8-9-33(14-21)25-6-7-26-24(10-25)16-34-15-23(22-4-2-20(12-29)3-5-22)11-27(34)28-32-31-18-35(26)28/h2-7,10-11,15,18-19,21,30,36H,8-9,13-14,16-17H2,1H3/t19-,21-/m0/s1. The molecule has 0 bridgehead atoms. The molecule has 8 heteroatoms. The second-order valence-corrected chi connectivity index (χ2v) is 9.86. The van der Waals surface area contributed by atoms with Crippen LogP contribution < -0.4 is 10.2 Å². The minimum absolute atomic E-state index is 0.134. The van der Waals surface area contributed by atoms with E-state index in [1.165, 1.54) is 11.3 Å². The summed E-state index contributed by atoms with van der Waals surface area (Å²) in [4.78, 5) is 2.47. The number of aliphatic hydroxyl groups is 1. The fraction of sp³-hybridized carbons (Fsp3) is 0.321. The fourth-order valence-corrected chi connectivity index (χ4v) is 5.29. The molecule has 2 atom stereocenters. The zero-order chi connectivity index (χ0) is 24.6. The van der Waals surface area contributed by atoms with Crippen LogP contribution in [0.25, 0.3) is 28.3 Å². The fourth-order valence-electron chi connectivity index (χ4n) is 5.29. The van der Waals surface area contributed by atoms with Gasteiger partial charge in [-0.25, -0.2) is 0 Å². The van der Waals surface area contributed by atoms with Gasteiger partial charge in [0.05, 0.1) is 29.6 Å². The number of hydrogen-bond acceptors (Lipinski definition) is 6. The van der Waals surface area contributed by atoms with Gasteiger partial charge >= 0.3 is 0 Å². The van der Waals surface area contributed by atoms with Crippen molar-refractivity contribution in [1.82, 2.24) is 24.6 Å². The Kier molecular flexibility index (Phi) is 5.80. The molecule has 182 valence electrons. The highest BCUT2D eigenvalue weighted by Gasteiger charge is 2.26. The molecule has 2 N–H and O–H groups in total. The van der Waals surface area contributed by atoms with Gasteiger partial charge < -0.3 is 19.9 Å². The van der Waals surface area contributed by atoms with E-state index in [1.807, 2.05) is 31.2 Å². The molecule has 2 aromatic heterocycles. The van der Waals surface area contributed by atoms with Gasteiger partial charge in [0.25, 0.3) is 0 Å². The predicted molar refractivity (Wildman–Crippen MR) is 139 cm³/mol. The molecule has 0 radical (unpaired) electrons. The molecule has 0 unspecified atom stereocenters. The number of fused-ring (bicyclic) bond motifs is 5. The molecule has 0 spiro atoms. The van der Waals surface area contributed by atoms with Gasteiger partial charge in [0, 0.05) is 49.7 Å². The van der Waals surface area contributed by atoms with E-state index in [2.05, 4.69) is 66.1 Å². The predicted octanol–water partition coefficient (Wildman–Crippen LogP) is 3.43. The summed E-state index contributed by atoms with van der Waals surface area (Å²) in [7, 11) is 0. The number of nitrogens with one attached hydrogen (secondary N) is 1. The van der Waals surface area contributed by atoms with E-state index in [0.29, 0.717) is 11.5 Å². The lowest BCUT2D eigenvalue weighted by molar-refractivity contribution is 0.247. The second kappa shape index (κ2) is 9.26. The number of hydrogen-bond donors (Lipinski definition) is 2. The average molecular weight is 480 g/mol. The third-order valence-electron chi connectivity index (χ3n) is 7.36. The van der Waals surface area contributed by atoms with Gasteiger partial charge in [0.2, 0.25) is 0 Å². The van der Waals surface area contributed by atoms with Crippen molar-refractivity contribution in [1.29, 1.82) is 5.26 Å². The Morgan fingerprint density at radius 3 is 2.83 bits per heavy atom. The third-order valence-corrected chi connectivity index (χ3v) is 7.36. The number of nitrogens with zero attached hydrogens (tertiary/aromatic N) is 6. The van der Waals surface area contributed by atoms with Crippen LogP contribution in [0.5, 0.6) is 0 Å². The molecule has 0 amide bonds. The van der Waals surface area contributed by atoms with E-state index in [0.717, 1.165) is 60.9 Å². The van der Waals surface area contributed by atoms with Gasteiger partial charge in [-0.05, 0) is 66.8 Å². The molecule has 0 aliphatic carbocycles. The first-order chi connectivity index (χ1) is 17.6. The summed E-state index contributed by atoms with van der Waals surface area (Å²) in [5, 5.41) is 30.5. The molecule has 4 heterocycles. The maximum absolute atomic E-state index is 9.29. The van der Waals surface area contributed by atoms with Gasteiger partial charge in [0.1, 0.15) is 6.33 Å². The molecule has 0 saturated carbocycles. The molecule has 1 fully saturated rings. The van der Waals surface area contributed by atoms with Crippen LogP contribution in [-0.2, 0) is 6.54 Å². The van der Waals surface area contributed by atoms with Crippen molar-refractivity contribution in [3.63, 3.8) is 0 Å². The Morgan fingerprint density at radius 2 is 2.03 bits per heavy atom. The monoisotopic (exact) mass is 479 g/mol. The van der Waals surface area contributed by atoms with Crippen LogP contribution in [0.4, 0.5) is 5.69 Å². The Bertz CT molecular complexity index is 1430. The van der Waals surface area contributed by atoms with Crippen LogP contribution in [0.15, 0.2) is 61.1 Å². The van der Waals surface area contributed by atoms with Crippen molar-refractivity contribution in [2.45, 2.75) is 25.9 Å². The number of benzene rings is 2. The Morgan fingerprint density at radius 1 is 1.17 bits per heavy atom. The van der Waals surface area contributed by atoms with E-state index in [1.54, 1.807) is 6.33 Å². The normalized spacial score (nSPS) is 17.1. The number of nitriles is 1. The number of aromatic nitrogens is 4. The Hall–Kier alpha value is -3.93. The minimum Gasteiger partial charge on any atom is -0.395 e. The smallest absolute Gasteiger partial charge is 0.185 e. The van der Waals surface area contributed by atoms with Crippen LogP contribution in [-0.4, -0.2) is 56.7 Å². The summed E-state index contributed by atoms with van der Waals surface area (Å²) in [6.07, 6.45) is 5.10. The van der Waals surface area contributed by atoms with E-state index in [-0.39, 0.29) is 12.6 Å². The van der Waals surface area contributed by atoms with Gasteiger partial charge in [-0.3, -0.25) is 4.57 Å². The van der Waals surface area contributed by atoms with Gasteiger partial charge in [-0.15, -0.1) is 10.2 Å². The molecule has 2 aliphatic heterocycles. The van der Waals surface area contributed by atoms with E-state index in [4.69, 9.17) is 5.26 Å². The van der Waals surface area contributed by atoms with E-state index in [9.17, 15) is 5.11 Å². The molecule has 6 rings (SSSR count). The van der Waals surface area contributed by atoms with Crippen LogP contribution in [0.3, 0.4) is 0 Å². The summed E-state index contributed by atoms with van der Waals surface area (Å²) in [5.41, 5.74) is 7.42. The van der Waals surface area contributed by atoms with E-state index < -0.39 is 0 Å². The summed E-state index contributed by atoms with van der Waals surface area (Å²) in [6.45, 7) is 5.90. The van der Waals surface area contributed by atoms with Crippen LogP contribution >= 0.6 is 0 Å². The van der Waals surface area contributed by atoms with Crippen molar-refractivity contribution >= 4 is 5.69 Å². The summed E-state index contributed by atoms with van der Waals surface area (Å²) >= 11 is 0. The second-order valence-electron chi connectivity index (χ2n) is 9.86. The van der Waals surface area contributed by atoms with Gasteiger partial charge in [-0.2, -0.15) is 5.26 Å². The first kappa shape index (κ1) is 22.5. The summed E-state index contributed by atoms with van der Waals surface area (Å²) in [5.74, 6) is 1.40. The Balaban J connectivity index is 1.30. The lowest BCUT2D eigenvalue weighted by Gasteiger charge is -2.21. The molecule has 4 aromatic rings. The molecular weight excluding hydrogens is 450 g/mol. The third kappa shape index (κ3) is 4.06. The number of aliphatic hydroxyl groups excluding tert-OH is 1. The maximum atomic E-state index is 9.29. The molecule has 1 saturated heterocycles. The van der Waals surface area contributed by atoms with Gasteiger partial charge in [0.15, 0.2) is 5.82 Å². The number of rotatable bonds is 6. The topological polar surface area (TPSA) is 94.9 Å². The lowest BCUT2D eigenvalue weighted by atomic mass is 10.1. The molecular formula is C28H29N7O. The van der Waals surface area contributed by atoms with Gasteiger partial charge in [-0.1, -0.05) is 12.1 Å². The van der Waals surface area contributed by atoms with Crippen LogP contribution in [0.1, 0.15) is 24.5 Å². The lowest BCUT2D eigenvalue weighted by Crippen LogP contribution is -2.34. The summed E-state index contributed by atoms with van der Waals surface area (Å²) in [6, 6.07) is 18.9. The summed E-state index contributed by atoms with van der Waals surface area (Å²) < 4.78 is 4.32. The van der Waals surface area contributed by atoms with Crippen LogP contribution in [0.2, 0.25) is 0 Å². The molecule has 36 heavy (non-hydrogen) atoms. The van der Waals surface area contributed by atoms with Crippen molar-refractivity contribution in [2.24, 2.45) is 5.92 Å². The van der Waals surface area contributed by atoms with E-state index >= 15 is 0 Å². The van der Waals surface area contributed by atoms with Crippen molar-refractivity contribution in [3.8, 4) is 34.4 Å². The highest BCUT2D eigenvalue weighted by Crippen LogP contribution is 2.35. The first-order valence-corrected chi connectivity index (χ1v) is 12.5. The van der Waals surface area contributed by atoms with Crippen molar-refractivity contribution in [3.05, 3.63) is 72.2 Å². The largest absolute Gasteiger partial charge is 0.395 e. The Labute approximate surface area is 210 Å². The molecule has 8 nitrogen and oxygen atoms in total. The first-order valence-electron chi connectivity index (χ1n) is 12.5. The highest BCUT2D eigenvalue weighted by molar-refractivity contribution is 5.72. The number of anilines is 1. The zero-order valence-electron chi connectivity index (χ0n) is 20.3. The zero-order valence-corrected chi connectivity index (χ0v) is 20.3. The van der Waals surface area contributed by atoms with Crippen LogP contribution in [0, 0.1) is 17.2 Å². The minimum atomic E-state index is 0.134. The van der Waals surface area contributed by atoms with Crippen molar-refractivity contribution < 1.29 is 5.11 Å². The van der Waals surface area contributed by atoms with Crippen molar-refractivity contribution in [2.75, 3.05) is 31.1 Å². The molecule has 2 aromatic carbocycles.